The number of carbonyl (C=O) groups is 1. The van der Waals surface area contributed by atoms with Gasteiger partial charge in [-0.05, 0) is 42.5 Å². The molecule has 1 amide bonds. The maximum atomic E-state index is 12.4. The molecule has 0 aliphatic heterocycles. The molecule has 1 heterocycles. The maximum Gasteiger partial charge on any atom is 0.224 e. The summed E-state index contributed by atoms with van der Waals surface area (Å²) in [7, 11) is 0. The van der Waals surface area contributed by atoms with Crippen LogP contribution in [0.5, 0.6) is 0 Å². The summed E-state index contributed by atoms with van der Waals surface area (Å²) in [4.78, 5) is 16.7. The lowest BCUT2D eigenvalue weighted by molar-refractivity contribution is -0.116. The Morgan fingerprint density at radius 2 is 1.82 bits per heavy atom. The van der Waals surface area contributed by atoms with Crippen LogP contribution in [-0.2, 0) is 11.2 Å². The van der Waals surface area contributed by atoms with Crippen LogP contribution in [0.25, 0.3) is 22.1 Å². The lowest BCUT2D eigenvalue weighted by atomic mass is 10.1. The third-order valence-corrected chi connectivity index (χ3v) is 4.97. The molecule has 140 valence electrons. The fourth-order valence-corrected chi connectivity index (χ4v) is 3.22. The molecule has 0 spiro atoms. The van der Waals surface area contributed by atoms with Crippen LogP contribution in [0.4, 0.5) is 5.69 Å². The second-order valence-corrected chi connectivity index (χ2v) is 6.99. The van der Waals surface area contributed by atoms with Gasteiger partial charge in [-0.2, -0.15) is 0 Å². The first-order chi connectivity index (χ1) is 13.6. The van der Waals surface area contributed by atoms with Gasteiger partial charge in [0.15, 0.2) is 11.7 Å². The number of amides is 1. The minimum Gasteiger partial charge on any atom is -0.441 e. The van der Waals surface area contributed by atoms with Gasteiger partial charge in [0.05, 0.1) is 6.20 Å². The Hall–Kier alpha value is -3.40. The Balaban J connectivity index is 1.41. The molecule has 3 aromatic carbocycles. The first kappa shape index (κ1) is 18.0. The monoisotopic (exact) mass is 370 g/mol. The summed E-state index contributed by atoms with van der Waals surface area (Å²) >= 11 is 0. The zero-order valence-electron chi connectivity index (χ0n) is 16.0. The van der Waals surface area contributed by atoms with Crippen molar-refractivity contribution in [2.24, 2.45) is 0 Å². The van der Waals surface area contributed by atoms with E-state index in [2.05, 4.69) is 36.3 Å². The average Bonchev–Trinajstić information content (AvgIpc) is 3.18. The van der Waals surface area contributed by atoms with Gasteiger partial charge in [0.1, 0.15) is 0 Å². The summed E-state index contributed by atoms with van der Waals surface area (Å²) in [6.45, 7) is 4.16. The molecule has 0 unspecified atom stereocenters. The lowest BCUT2D eigenvalue weighted by Gasteiger charge is -2.08. The van der Waals surface area contributed by atoms with Crippen molar-refractivity contribution in [1.29, 1.82) is 0 Å². The minimum atomic E-state index is -0.0534. The van der Waals surface area contributed by atoms with Crippen molar-refractivity contribution in [2.45, 2.75) is 26.7 Å². The second kappa shape index (κ2) is 7.69. The van der Waals surface area contributed by atoms with Crippen molar-refractivity contribution in [3.63, 3.8) is 0 Å². The van der Waals surface area contributed by atoms with Crippen LogP contribution in [0.15, 0.2) is 71.3 Å². The molecule has 0 aliphatic carbocycles. The van der Waals surface area contributed by atoms with E-state index >= 15 is 0 Å². The summed E-state index contributed by atoms with van der Waals surface area (Å²) in [6, 6.07) is 20.1. The van der Waals surface area contributed by atoms with E-state index in [1.807, 2.05) is 48.5 Å². The number of aromatic nitrogens is 1. The number of oxazole rings is 1. The third-order valence-electron chi connectivity index (χ3n) is 4.97. The molecule has 1 aromatic heterocycles. The summed E-state index contributed by atoms with van der Waals surface area (Å²) in [5, 5.41) is 5.14. The fourth-order valence-electron chi connectivity index (χ4n) is 3.22. The zero-order valence-corrected chi connectivity index (χ0v) is 16.0. The molecule has 28 heavy (non-hydrogen) atoms. The Morgan fingerprint density at radius 3 is 2.68 bits per heavy atom. The molecule has 4 aromatic rings. The highest BCUT2D eigenvalue weighted by atomic mass is 16.4. The molecule has 4 nitrogen and oxygen atoms in total. The topological polar surface area (TPSA) is 55.1 Å². The maximum absolute atomic E-state index is 12.4. The van der Waals surface area contributed by atoms with Gasteiger partial charge >= 0.3 is 0 Å². The standard InChI is InChI=1S/C24H22N2O2/c1-16-10-11-19(14-17(16)2)22-15-25-24(28-22)13-12-23(27)26-21-9-5-7-18-6-3-4-8-20(18)21/h3-11,14-15H,12-13H2,1-2H3,(H,26,27). The van der Waals surface area contributed by atoms with Crippen molar-refractivity contribution >= 4 is 22.4 Å². The highest BCUT2D eigenvalue weighted by Gasteiger charge is 2.11. The van der Waals surface area contributed by atoms with E-state index in [1.165, 1.54) is 11.1 Å². The van der Waals surface area contributed by atoms with Crippen molar-refractivity contribution in [2.75, 3.05) is 5.32 Å². The highest BCUT2D eigenvalue weighted by molar-refractivity contribution is 6.02. The number of hydrogen-bond donors (Lipinski definition) is 1. The van der Waals surface area contributed by atoms with E-state index in [0.717, 1.165) is 27.8 Å². The van der Waals surface area contributed by atoms with E-state index in [-0.39, 0.29) is 5.91 Å². The number of anilines is 1. The number of hydrogen-bond acceptors (Lipinski definition) is 3. The second-order valence-electron chi connectivity index (χ2n) is 6.99. The first-order valence-electron chi connectivity index (χ1n) is 9.40. The number of carbonyl (C=O) groups excluding carboxylic acids is 1. The van der Waals surface area contributed by atoms with E-state index in [9.17, 15) is 4.79 Å². The van der Waals surface area contributed by atoms with E-state index < -0.39 is 0 Å². The van der Waals surface area contributed by atoms with Crippen LogP contribution in [0, 0.1) is 13.8 Å². The van der Waals surface area contributed by atoms with Gasteiger partial charge in [-0.3, -0.25) is 4.79 Å². The Kier molecular flexibility index (Phi) is 4.94. The molecule has 0 bridgehead atoms. The Labute approximate surface area is 164 Å². The molecular formula is C24H22N2O2. The van der Waals surface area contributed by atoms with E-state index in [0.29, 0.717) is 18.7 Å². The minimum absolute atomic E-state index is 0.0534. The van der Waals surface area contributed by atoms with Crippen molar-refractivity contribution in [1.82, 2.24) is 4.98 Å². The molecule has 4 rings (SSSR count). The van der Waals surface area contributed by atoms with Crippen LogP contribution in [0.3, 0.4) is 0 Å². The van der Waals surface area contributed by atoms with Gasteiger partial charge in [0.25, 0.3) is 0 Å². The lowest BCUT2D eigenvalue weighted by Crippen LogP contribution is -2.12. The average molecular weight is 370 g/mol. The molecule has 0 saturated heterocycles. The Morgan fingerprint density at radius 1 is 1.00 bits per heavy atom. The fraction of sp³-hybridized carbons (Fsp3) is 0.167. The van der Waals surface area contributed by atoms with Crippen LogP contribution in [-0.4, -0.2) is 10.9 Å². The number of benzene rings is 3. The summed E-state index contributed by atoms with van der Waals surface area (Å²) in [5.74, 6) is 1.25. The van der Waals surface area contributed by atoms with Crippen LogP contribution < -0.4 is 5.32 Å². The van der Waals surface area contributed by atoms with Crippen LogP contribution in [0.2, 0.25) is 0 Å². The van der Waals surface area contributed by atoms with Gasteiger partial charge in [-0.25, -0.2) is 4.98 Å². The van der Waals surface area contributed by atoms with Crippen molar-refractivity contribution < 1.29 is 9.21 Å². The van der Waals surface area contributed by atoms with E-state index in [4.69, 9.17) is 4.42 Å². The summed E-state index contributed by atoms with van der Waals surface area (Å²) in [6.07, 6.45) is 2.50. The summed E-state index contributed by atoms with van der Waals surface area (Å²) in [5.41, 5.74) is 4.28. The number of fused-ring (bicyclic) bond motifs is 1. The molecule has 0 radical (unpaired) electrons. The Bertz CT molecular complexity index is 1140. The number of aryl methyl sites for hydroxylation is 3. The van der Waals surface area contributed by atoms with Crippen LogP contribution >= 0.6 is 0 Å². The molecule has 0 aliphatic rings. The SMILES string of the molecule is Cc1ccc(-c2cnc(CCC(=O)Nc3cccc4ccccc34)o2)cc1C. The third kappa shape index (κ3) is 3.81. The van der Waals surface area contributed by atoms with Gasteiger partial charge in [-0.15, -0.1) is 0 Å². The molecule has 0 fully saturated rings. The van der Waals surface area contributed by atoms with Gasteiger partial charge < -0.3 is 9.73 Å². The van der Waals surface area contributed by atoms with Crippen molar-refractivity contribution in [3.05, 3.63) is 83.9 Å². The molecule has 1 N–H and O–H groups in total. The zero-order chi connectivity index (χ0) is 19.5. The molecular weight excluding hydrogens is 348 g/mol. The molecule has 0 atom stereocenters. The first-order valence-corrected chi connectivity index (χ1v) is 9.40. The van der Waals surface area contributed by atoms with Gasteiger partial charge in [0, 0.05) is 29.5 Å². The molecule has 0 saturated carbocycles. The predicted octanol–water partition coefficient (Wildman–Crippen LogP) is 5.68. The predicted molar refractivity (Wildman–Crippen MR) is 112 cm³/mol. The van der Waals surface area contributed by atoms with Crippen LogP contribution in [0.1, 0.15) is 23.4 Å². The molecule has 4 heteroatoms. The largest absolute Gasteiger partial charge is 0.441 e. The number of nitrogens with zero attached hydrogens (tertiary/aromatic N) is 1. The number of nitrogens with one attached hydrogen (secondary N) is 1. The van der Waals surface area contributed by atoms with Gasteiger partial charge in [0.2, 0.25) is 5.91 Å². The van der Waals surface area contributed by atoms with Crippen molar-refractivity contribution in [3.8, 4) is 11.3 Å². The van der Waals surface area contributed by atoms with Gasteiger partial charge in [-0.1, -0.05) is 48.5 Å². The van der Waals surface area contributed by atoms with E-state index in [1.54, 1.807) is 6.20 Å². The number of rotatable bonds is 5. The summed E-state index contributed by atoms with van der Waals surface area (Å²) < 4.78 is 5.84. The highest BCUT2D eigenvalue weighted by Crippen LogP contribution is 2.25. The smallest absolute Gasteiger partial charge is 0.224 e. The normalized spacial score (nSPS) is 10.9. The quantitative estimate of drug-likeness (QED) is 0.491.